The van der Waals surface area contributed by atoms with Gasteiger partial charge < -0.3 is 4.43 Å². The maximum atomic E-state index is 6.13. The summed E-state index contributed by atoms with van der Waals surface area (Å²) >= 11 is 0. The van der Waals surface area contributed by atoms with Crippen molar-refractivity contribution in [1.29, 1.82) is 0 Å². The highest BCUT2D eigenvalue weighted by Crippen LogP contribution is 2.36. The number of rotatable bonds is 3. The fraction of sp³-hybridized carbons (Fsp3) is 0.538. The molecule has 1 aromatic carbocycles. The van der Waals surface area contributed by atoms with Gasteiger partial charge in [-0.25, -0.2) is 0 Å². The van der Waals surface area contributed by atoms with Gasteiger partial charge in [0.25, 0.3) is 0 Å². The van der Waals surface area contributed by atoms with Gasteiger partial charge in [0.15, 0.2) is 9.04 Å². The van der Waals surface area contributed by atoms with E-state index >= 15 is 0 Å². The molecule has 0 aromatic heterocycles. The summed E-state index contributed by atoms with van der Waals surface area (Å²) in [5.41, 5.74) is 1.42. The molecule has 0 saturated carbocycles. The van der Waals surface area contributed by atoms with Gasteiger partial charge in [-0.3, -0.25) is 0 Å². The minimum atomic E-state index is -1.01. The van der Waals surface area contributed by atoms with E-state index in [1.807, 2.05) is 12.1 Å². The number of hydrogen-bond donors (Lipinski definition) is 0. The molecule has 1 aromatic rings. The van der Waals surface area contributed by atoms with Gasteiger partial charge in [0.1, 0.15) is 0 Å². The van der Waals surface area contributed by atoms with Crippen molar-refractivity contribution in [1.82, 2.24) is 0 Å². The number of benzene rings is 1. The molecule has 2 heteroatoms. The van der Waals surface area contributed by atoms with Crippen molar-refractivity contribution in [2.45, 2.75) is 40.0 Å². The fourth-order valence-corrected chi connectivity index (χ4v) is 2.74. The lowest BCUT2D eigenvalue weighted by molar-refractivity contribution is 0.0866. The zero-order valence-corrected chi connectivity index (χ0v) is 11.5. The molecule has 1 rings (SSSR count). The van der Waals surface area contributed by atoms with Crippen molar-refractivity contribution >= 4 is 9.04 Å². The maximum Gasteiger partial charge on any atom is 0.171 e. The molecule has 1 unspecified atom stereocenters. The van der Waals surface area contributed by atoms with Gasteiger partial charge in [-0.05, 0) is 30.1 Å². The lowest BCUT2D eigenvalue weighted by Gasteiger charge is -2.33. The summed E-state index contributed by atoms with van der Waals surface area (Å²) in [6, 6.07) is 11.2. The van der Waals surface area contributed by atoms with Gasteiger partial charge in [0.2, 0.25) is 0 Å². The molecule has 0 heterocycles. The lowest BCUT2D eigenvalue weighted by atomic mass is 9.85. The van der Waals surface area contributed by atoms with Gasteiger partial charge in [0, 0.05) is 0 Å². The predicted octanol–water partition coefficient (Wildman–Crippen LogP) is 3.57. The fourth-order valence-electron chi connectivity index (χ4n) is 1.63. The van der Waals surface area contributed by atoms with Crippen molar-refractivity contribution < 1.29 is 4.43 Å². The molecule has 15 heavy (non-hydrogen) atoms. The molecule has 0 fully saturated rings. The second-order valence-corrected chi connectivity index (χ2v) is 7.63. The average Bonchev–Trinajstić information content (AvgIpc) is 2.14. The molecule has 0 spiro atoms. The minimum Gasteiger partial charge on any atom is -0.413 e. The third-order valence-corrected chi connectivity index (χ3v) is 3.06. The van der Waals surface area contributed by atoms with Crippen LogP contribution in [0.25, 0.3) is 0 Å². The largest absolute Gasteiger partial charge is 0.413 e. The molecule has 0 N–H and O–H groups in total. The molecule has 0 aliphatic heterocycles. The first-order valence-electron chi connectivity index (χ1n) is 5.52. The molecule has 0 saturated heterocycles. The third kappa shape index (κ3) is 3.80. The highest BCUT2D eigenvalue weighted by Gasteiger charge is 2.27. The van der Waals surface area contributed by atoms with Gasteiger partial charge >= 0.3 is 0 Å². The Morgan fingerprint density at radius 1 is 1.20 bits per heavy atom. The summed E-state index contributed by atoms with van der Waals surface area (Å²) in [4.78, 5) is 0. The summed E-state index contributed by atoms with van der Waals surface area (Å²) in [6.07, 6.45) is 0.207. The first-order valence-corrected chi connectivity index (χ1v) is 8.31. The first kappa shape index (κ1) is 12.5. The molecule has 0 amide bonds. The van der Waals surface area contributed by atoms with Gasteiger partial charge in [0.05, 0.1) is 6.10 Å². The Hall–Kier alpha value is -0.603. The van der Waals surface area contributed by atoms with Crippen LogP contribution in [0.4, 0.5) is 0 Å². The standard InChI is InChI=1S/C13H21OSi/c1-13(2,3)12(14-15(4)5)11-9-7-6-8-10-11/h7-10,12,15H,1-5H3. The van der Waals surface area contributed by atoms with Crippen LogP contribution in [0.1, 0.15) is 32.4 Å². The third-order valence-electron chi connectivity index (χ3n) is 2.24. The average molecular weight is 221 g/mol. The van der Waals surface area contributed by atoms with Crippen LogP contribution in [0.3, 0.4) is 0 Å². The van der Waals surface area contributed by atoms with Crippen molar-refractivity contribution in [3.05, 3.63) is 35.9 Å². The quantitative estimate of drug-likeness (QED) is 0.709. The van der Waals surface area contributed by atoms with E-state index < -0.39 is 9.04 Å². The predicted molar refractivity (Wildman–Crippen MR) is 67.4 cm³/mol. The molecular formula is C13H21OSi. The second-order valence-electron chi connectivity index (χ2n) is 5.26. The van der Waals surface area contributed by atoms with E-state index in [2.05, 4.69) is 52.1 Å². The van der Waals surface area contributed by atoms with E-state index in [0.717, 1.165) is 0 Å². The lowest BCUT2D eigenvalue weighted by Crippen LogP contribution is -2.25. The van der Waals surface area contributed by atoms with Crippen molar-refractivity contribution in [2.75, 3.05) is 0 Å². The molecule has 83 valence electrons. The van der Waals surface area contributed by atoms with Crippen LogP contribution in [-0.4, -0.2) is 9.04 Å². The molecule has 0 aliphatic carbocycles. The highest BCUT2D eigenvalue weighted by atomic mass is 28.3. The van der Waals surface area contributed by atoms with Crippen LogP contribution in [0.5, 0.6) is 0 Å². The van der Waals surface area contributed by atoms with Gasteiger partial charge in [-0.1, -0.05) is 45.0 Å². The Morgan fingerprint density at radius 3 is 2.13 bits per heavy atom. The highest BCUT2D eigenvalue weighted by molar-refractivity contribution is 6.48. The molecule has 1 nitrogen and oxygen atoms in total. The molecule has 0 bridgehead atoms. The topological polar surface area (TPSA) is 9.23 Å². The Labute approximate surface area is 95.2 Å². The van der Waals surface area contributed by atoms with Crippen LogP contribution in [-0.2, 0) is 4.43 Å². The van der Waals surface area contributed by atoms with E-state index in [1.54, 1.807) is 0 Å². The summed E-state index contributed by atoms with van der Waals surface area (Å²) in [5, 5.41) is 0. The smallest absolute Gasteiger partial charge is 0.171 e. The van der Waals surface area contributed by atoms with Crippen molar-refractivity contribution in [3.8, 4) is 0 Å². The first-order chi connectivity index (χ1) is 6.91. The van der Waals surface area contributed by atoms with E-state index in [0.29, 0.717) is 0 Å². The second kappa shape index (κ2) is 4.95. The molecule has 0 aliphatic rings. The summed E-state index contributed by atoms with van der Waals surface area (Å²) < 4.78 is 6.13. The normalized spacial score (nSPS) is 14.3. The Kier molecular flexibility index (Phi) is 4.11. The van der Waals surface area contributed by atoms with Crippen LogP contribution in [0, 0.1) is 11.5 Å². The number of hydrogen-bond acceptors (Lipinski definition) is 1. The summed E-state index contributed by atoms with van der Waals surface area (Å²) in [5.74, 6) is 0. The van der Waals surface area contributed by atoms with E-state index in [-0.39, 0.29) is 11.5 Å². The maximum absolute atomic E-state index is 6.13. The van der Waals surface area contributed by atoms with E-state index in [1.165, 1.54) is 5.56 Å². The van der Waals surface area contributed by atoms with Gasteiger partial charge in [-0.2, -0.15) is 0 Å². The Bertz CT molecular complexity index is 287. The molecule has 1 radical (unpaired) electrons. The van der Waals surface area contributed by atoms with Crippen LogP contribution < -0.4 is 0 Å². The zero-order chi connectivity index (χ0) is 11.5. The SMILES string of the molecule is C[SiH](C)OC(c1cc[c]cc1)C(C)(C)C. The summed E-state index contributed by atoms with van der Waals surface area (Å²) in [6.45, 7) is 11.1. The zero-order valence-electron chi connectivity index (χ0n) is 10.4. The molecule has 1 atom stereocenters. The van der Waals surface area contributed by atoms with Crippen LogP contribution >= 0.6 is 0 Å². The van der Waals surface area contributed by atoms with Gasteiger partial charge in [-0.15, -0.1) is 0 Å². The summed E-state index contributed by atoms with van der Waals surface area (Å²) in [7, 11) is -1.01. The molecular weight excluding hydrogens is 200 g/mol. The monoisotopic (exact) mass is 221 g/mol. The van der Waals surface area contributed by atoms with Crippen molar-refractivity contribution in [2.24, 2.45) is 5.41 Å². The van der Waals surface area contributed by atoms with Crippen molar-refractivity contribution in [3.63, 3.8) is 0 Å². The van der Waals surface area contributed by atoms with E-state index in [9.17, 15) is 0 Å². The Balaban J connectivity index is 2.92. The van der Waals surface area contributed by atoms with E-state index in [4.69, 9.17) is 4.43 Å². The van der Waals surface area contributed by atoms with Crippen LogP contribution in [0.15, 0.2) is 24.3 Å². The van der Waals surface area contributed by atoms with Crippen LogP contribution in [0.2, 0.25) is 13.1 Å². The minimum absolute atomic E-state index is 0.151. The Morgan fingerprint density at radius 2 is 1.73 bits per heavy atom.